The number of nitrogens with zero attached hydrogens (tertiary/aromatic N) is 3. The molecule has 1 aromatic carbocycles. The molecule has 6 nitrogen and oxygen atoms in total. The van der Waals surface area contributed by atoms with Crippen molar-refractivity contribution in [1.29, 1.82) is 0 Å². The van der Waals surface area contributed by atoms with E-state index in [-0.39, 0.29) is 5.69 Å². The molecule has 6 heteroatoms. The number of carbonyl (C=O) groups is 1. The first-order valence-corrected chi connectivity index (χ1v) is 6.37. The maximum absolute atomic E-state index is 11.2. The van der Waals surface area contributed by atoms with E-state index in [1.807, 2.05) is 24.3 Å². The fraction of sp³-hybridized carbons (Fsp3) is 0.0667. The lowest BCUT2D eigenvalue weighted by Crippen LogP contribution is -2.06. The normalized spacial score (nSPS) is 10.5. The highest BCUT2D eigenvalue weighted by atomic mass is 16.4. The quantitative estimate of drug-likeness (QED) is 0.762. The van der Waals surface area contributed by atoms with Gasteiger partial charge in [0.1, 0.15) is 0 Å². The fourth-order valence-electron chi connectivity index (χ4n) is 2.04. The Morgan fingerprint density at radius 3 is 2.81 bits per heavy atom. The number of para-hydroxylation sites is 1. The molecular formula is C15H12N4O2. The summed E-state index contributed by atoms with van der Waals surface area (Å²) in [7, 11) is 0. The van der Waals surface area contributed by atoms with E-state index in [2.05, 4.69) is 20.5 Å². The molecule has 0 bridgehead atoms. The molecule has 0 aliphatic rings. The second-order valence-electron chi connectivity index (χ2n) is 4.45. The van der Waals surface area contributed by atoms with Crippen molar-refractivity contribution in [2.45, 2.75) is 6.54 Å². The number of aromatic nitrogens is 3. The van der Waals surface area contributed by atoms with Crippen LogP contribution in [0.1, 0.15) is 16.2 Å². The molecule has 0 saturated heterocycles. The predicted octanol–water partition coefficient (Wildman–Crippen LogP) is 2.34. The van der Waals surface area contributed by atoms with Gasteiger partial charge in [-0.1, -0.05) is 18.2 Å². The molecule has 0 saturated carbocycles. The van der Waals surface area contributed by atoms with Crippen molar-refractivity contribution < 1.29 is 9.90 Å². The van der Waals surface area contributed by atoms with Crippen molar-refractivity contribution >= 4 is 22.6 Å². The number of carboxylic acid groups (broad SMARTS) is 1. The zero-order valence-electron chi connectivity index (χ0n) is 11.0. The molecule has 104 valence electrons. The third-order valence-electron chi connectivity index (χ3n) is 3.02. The first-order chi connectivity index (χ1) is 10.2. The Hall–Kier alpha value is -3.02. The predicted molar refractivity (Wildman–Crippen MR) is 78.1 cm³/mol. The van der Waals surface area contributed by atoms with Crippen LogP contribution in [0.15, 0.2) is 48.7 Å². The Bertz CT molecular complexity index is 790. The molecule has 0 unspecified atom stereocenters. The summed E-state index contributed by atoms with van der Waals surface area (Å²) in [4.78, 5) is 15.3. The van der Waals surface area contributed by atoms with E-state index in [1.165, 1.54) is 6.07 Å². The van der Waals surface area contributed by atoms with Crippen LogP contribution in [0.4, 0.5) is 5.69 Å². The van der Waals surface area contributed by atoms with Gasteiger partial charge in [0, 0.05) is 17.3 Å². The standard InChI is InChI=1S/C15H12N4O2/c20-15(21)14-8-13(11-5-1-2-6-12(11)18-14)16-9-10-4-3-7-17-19-10/h1-8H,9H2,(H,16,18)(H,20,21). The van der Waals surface area contributed by atoms with Crippen LogP contribution in [0.3, 0.4) is 0 Å². The van der Waals surface area contributed by atoms with E-state index < -0.39 is 5.97 Å². The maximum Gasteiger partial charge on any atom is 0.354 e. The average molecular weight is 280 g/mol. The Morgan fingerprint density at radius 1 is 1.19 bits per heavy atom. The molecule has 0 spiro atoms. The molecule has 2 aromatic heterocycles. The summed E-state index contributed by atoms with van der Waals surface area (Å²) in [5.41, 5.74) is 2.13. The number of nitrogens with one attached hydrogen (secondary N) is 1. The zero-order chi connectivity index (χ0) is 14.7. The van der Waals surface area contributed by atoms with Crippen LogP contribution in [0.5, 0.6) is 0 Å². The largest absolute Gasteiger partial charge is 0.477 e. The van der Waals surface area contributed by atoms with Gasteiger partial charge in [-0.15, -0.1) is 0 Å². The van der Waals surface area contributed by atoms with E-state index in [1.54, 1.807) is 18.3 Å². The number of fused-ring (bicyclic) bond motifs is 1. The highest BCUT2D eigenvalue weighted by Crippen LogP contribution is 2.23. The van der Waals surface area contributed by atoms with E-state index in [9.17, 15) is 4.79 Å². The highest BCUT2D eigenvalue weighted by Gasteiger charge is 2.10. The molecule has 0 radical (unpaired) electrons. The summed E-state index contributed by atoms with van der Waals surface area (Å²) < 4.78 is 0. The van der Waals surface area contributed by atoms with Gasteiger partial charge in [-0.2, -0.15) is 10.2 Å². The lowest BCUT2D eigenvalue weighted by Gasteiger charge is -2.10. The van der Waals surface area contributed by atoms with Crippen LogP contribution >= 0.6 is 0 Å². The Morgan fingerprint density at radius 2 is 2.05 bits per heavy atom. The van der Waals surface area contributed by atoms with Crippen LogP contribution < -0.4 is 5.32 Å². The van der Waals surface area contributed by atoms with Crippen molar-refractivity contribution in [3.8, 4) is 0 Å². The number of anilines is 1. The van der Waals surface area contributed by atoms with Crippen LogP contribution in [-0.2, 0) is 6.54 Å². The van der Waals surface area contributed by atoms with Crippen molar-refractivity contribution in [3.63, 3.8) is 0 Å². The molecule has 0 aliphatic heterocycles. The molecule has 0 atom stereocenters. The molecule has 3 rings (SSSR count). The molecular weight excluding hydrogens is 268 g/mol. The van der Waals surface area contributed by atoms with Crippen molar-refractivity contribution in [2.24, 2.45) is 0 Å². The number of hydrogen-bond donors (Lipinski definition) is 2. The van der Waals surface area contributed by atoms with E-state index >= 15 is 0 Å². The van der Waals surface area contributed by atoms with E-state index in [0.717, 1.165) is 11.1 Å². The average Bonchev–Trinajstić information content (AvgIpc) is 2.53. The monoisotopic (exact) mass is 280 g/mol. The number of carboxylic acids is 1. The van der Waals surface area contributed by atoms with Crippen LogP contribution in [0.2, 0.25) is 0 Å². The minimum Gasteiger partial charge on any atom is -0.477 e. The second-order valence-corrected chi connectivity index (χ2v) is 4.45. The number of hydrogen-bond acceptors (Lipinski definition) is 5. The first-order valence-electron chi connectivity index (χ1n) is 6.37. The van der Waals surface area contributed by atoms with Gasteiger partial charge in [0.15, 0.2) is 5.69 Å². The fourth-order valence-corrected chi connectivity index (χ4v) is 2.04. The van der Waals surface area contributed by atoms with Crippen molar-refractivity contribution in [3.05, 3.63) is 60.0 Å². The van der Waals surface area contributed by atoms with Gasteiger partial charge >= 0.3 is 5.97 Å². The summed E-state index contributed by atoms with van der Waals surface area (Å²) in [6.07, 6.45) is 1.61. The maximum atomic E-state index is 11.2. The summed E-state index contributed by atoms with van der Waals surface area (Å²) in [6.45, 7) is 0.459. The van der Waals surface area contributed by atoms with Gasteiger partial charge < -0.3 is 10.4 Å². The lowest BCUT2D eigenvalue weighted by atomic mass is 10.1. The zero-order valence-corrected chi connectivity index (χ0v) is 11.0. The van der Waals surface area contributed by atoms with Gasteiger partial charge in [0.2, 0.25) is 0 Å². The number of rotatable bonds is 4. The minimum absolute atomic E-state index is 0.00958. The van der Waals surface area contributed by atoms with Crippen molar-refractivity contribution in [1.82, 2.24) is 15.2 Å². The SMILES string of the molecule is O=C(O)c1cc(NCc2cccnn2)c2ccccc2n1. The van der Waals surface area contributed by atoms with Crippen LogP contribution in [0.25, 0.3) is 10.9 Å². The summed E-state index contributed by atoms with van der Waals surface area (Å²) in [5, 5.41) is 21.0. The van der Waals surface area contributed by atoms with Gasteiger partial charge in [0.25, 0.3) is 0 Å². The minimum atomic E-state index is -1.05. The Balaban J connectivity index is 1.98. The molecule has 3 aromatic rings. The number of aromatic carboxylic acids is 1. The van der Waals surface area contributed by atoms with Gasteiger partial charge in [-0.3, -0.25) is 0 Å². The van der Waals surface area contributed by atoms with Crippen LogP contribution in [-0.4, -0.2) is 26.3 Å². The van der Waals surface area contributed by atoms with Crippen LogP contribution in [0, 0.1) is 0 Å². The third kappa shape index (κ3) is 2.79. The smallest absolute Gasteiger partial charge is 0.354 e. The highest BCUT2D eigenvalue weighted by molar-refractivity contribution is 5.97. The van der Waals surface area contributed by atoms with E-state index in [0.29, 0.717) is 17.7 Å². The molecule has 0 amide bonds. The molecule has 0 fully saturated rings. The Labute approximate surface area is 120 Å². The molecule has 0 aliphatic carbocycles. The number of benzene rings is 1. The second kappa shape index (κ2) is 5.54. The van der Waals surface area contributed by atoms with E-state index in [4.69, 9.17) is 5.11 Å². The number of pyridine rings is 1. The van der Waals surface area contributed by atoms with Gasteiger partial charge in [-0.05, 0) is 24.3 Å². The van der Waals surface area contributed by atoms with Gasteiger partial charge in [-0.25, -0.2) is 9.78 Å². The Kier molecular flexibility index (Phi) is 3.42. The summed E-state index contributed by atoms with van der Waals surface area (Å²) in [5.74, 6) is -1.05. The summed E-state index contributed by atoms with van der Waals surface area (Å²) >= 11 is 0. The lowest BCUT2D eigenvalue weighted by molar-refractivity contribution is 0.0691. The molecule has 21 heavy (non-hydrogen) atoms. The van der Waals surface area contributed by atoms with Gasteiger partial charge in [0.05, 0.1) is 17.8 Å². The first kappa shape index (κ1) is 13.0. The topological polar surface area (TPSA) is 88.0 Å². The summed E-state index contributed by atoms with van der Waals surface area (Å²) in [6, 6.07) is 12.6. The third-order valence-corrected chi connectivity index (χ3v) is 3.02. The molecule has 2 heterocycles. The van der Waals surface area contributed by atoms with Crippen molar-refractivity contribution in [2.75, 3.05) is 5.32 Å². The molecule has 2 N–H and O–H groups in total.